The van der Waals surface area contributed by atoms with Crippen molar-refractivity contribution in [2.24, 2.45) is 0 Å². The Morgan fingerprint density at radius 1 is 1.03 bits per heavy atom. The van der Waals surface area contributed by atoms with E-state index in [0.29, 0.717) is 13.1 Å². The van der Waals surface area contributed by atoms with E-state index in [2.05, 4.69) is 5.32 Å². The molecule has 1 aliphatic rings. The Kier molecular flexibility index (Phi) is 8.26. The molecule has 0 spiro atoms. The van der Waals surface area contributed by atoms with E-state index in [-0.39, 0.29) is 37.1 Å². The molecule has 0 bridgehead atoms. The minimum Gasteiger partial charge on any atom is -0.495 e. The minimum atomic E-state index is -3.96. The summed E-state index contributed by atoms with van der Waals surface area (Å²) < 4.78 is 58.0. The molecule has 2 aromatic carbocycles. The topological polar surface area (TPSA) is 113 Å². The fraction of sp³-hybridized carbons (Fsp3) is 0.350. The van der Waals surface area contributed by atoms with Gasteiger partial charge in [0.25, 0.3) is 0 Å². The second-order valence-electron chi connectivity index (χ2n) is 7.51. The second kappa shape index (κ2) is 10.5. The van der Waals surface area contributed by atoms with Gasteiger partial charge in [0.1, 0.15) is 12.3 Å². The van der Waals surface area contributed by atoms with Gasteiger partial charge in [0, 0.05) is 13.1 Å². The summed E-state index contributed by atoms with van der Waals surface area (Å²) in [6.45, 7) is 0.177. The van der Waals surface area contributed by atoms with Crippen LogP contribution < -0.4 is 14.4 Å². The van der Waals surface area contributed by atoms with Gasteiger partial charge in [-0.1, -0.05) is 34.8 Å². The predicted molar refractivity (Wildman–Crippen MR) is 133 cm³/mol. The van der Waals surface area contributed by atoms with Crippen molar-refractivity contribution in [3.05, 3.63) is 45.4 Å². The van der Waals surface area contributed by atoms with Crippen molar-refractivity contribution >= 4 is 72.1 Å². The number of benzene rings is 2. The van der Waals surface area contributed by atoms with E-state index in [1.165, 1.54) is 41.7 Å². The number of carbonyl (C=O) groups is 1. The first-order chi connectivity index (χ1) is 15.8. The average Bonchev–Trinajstić information content (AvgIpc) is 3.30. The summed E-state index contributed by atoms with van der Waals surface area (Å²) in [6.07, 6.45) is 2.46. The van der Waals surface area contributed by atoms with E-state index in [0.717, 1.165) is 23.4 Å². The average molecular weight is 571 g/mol. The van der Waals surface area contributed by atoms with E-state index in [4.69, 9.17) is 39.5 Å². The van der Waals surface area contributed by atoms with Crippen LogP contribution >= 0.6 is 34.8 Å². The largest absolute Gasteiger partial charge is 0.495 e. The Balaban J connectivity index is 1.91. The summed E-state index contributed by atoms with van der Waals surface area (Å²) in [5, 5.41) is 2.67. The molecule has 0 unspecified atom stereocenters. The van der Waals surface area contributed by atoms with Crippen LogP contribution in [0.2, 0.25) is 15.1 Å². The zero-order chi connectivity index (χ0) is 25.3. The van der Waals surface area contributed by atoms with Gasteiger partial charge in [-0.05, 0) is 43.2 Å². The van der Waals surface area contributed by atoms with Crippen LogP contribution in [0.15, 0.2) is 35.2 Å². The Morgan fingerprint density at radius 3 is 2.24 bits per heavy atom. The molecule has 0 atom stereocenters. The molecule has 2 aromatic rings. The maximum atomic E-state index is 12.9. The highest BCUT2D eigenvalue weighted by Crippen LogP contribution is 2.36. The zero-order valence-corrected chi connectivity index (χ0v) is 22.1. The zero-order valence-electron chi connectivity index (χ0n) is 18.2. The molecule has 1 aliphatic heterocycles. The summed E-state index contributed by atoms with van der Waals surface area (Å²) >= 11 is 18.1. The van der Waals surface area contributed by atoms with Crippen molar-refractivity contribution in [1.29, 1.82) is 0 Å². The van der Waals surface area contributed by atoms with E-state index < -0.39 is 32.5 Å². The number of anilines is 2. The number of carbonyl (C=O) groups excluding carboxylic acids is 1. The second-order valence-corrected chi connectivity index (χ2v) is 12.6. The fourth-order valence-electron chi connectivity index (χ4n) is 3.43. The van der Waals surface area contributed by atoms with Crippen LogP contribution in [-0.4, -0.2) is 60.0 Å². The lowest BCUT2D eigenvalue weighted by Gasteiger charge is -2.24. The van der Waals surface area contributed by atoms with Crippen LogP contribution in [0.5, 0.6) is 5.75 Å². The number of hydrogen-bond acceptors (Lipinski definition) is 6. The van der Waals surface area contributed by atoms with Gasteiger partial charge in [0.2, 0.25) is 26.0 Å². The SMILES string of the molecule is COc1ccc(S(=O)(=O)N2CCCC2)cc1NC(=O)CN(c1cc(Cl)c(Cl)cc1Cl)S(C)(=O)=O. The Morgan fingerprint density at radius 2 is 1.65 bits per heavy atom. The predicted octanol–water partition coefficient (Wildman–Crippen LogP) is 3.84. The molecule has 0 aliphatic carbocycles. The lowest BCUT2D eigenvalue weighted by molar-refractivity contribution is -0.114. The number of amides is 1. The van der Waals surface area contributed by atoms with E-state index in [1.807, 2.05) is 0 Å². The van der Waals surface area contributed by atoms with Crippen molar-refractivity contribution < 1.29 is 26.4 Å². The lowest BCUT2D eigenvalue weighted by Crippen LogP contribution is -2.37. The number of sulfonamides is 2. The van der Waals surface area contributed by atoms with Crippen molar-refractivity contribution in [3.63, 3.8) is 0 Å². The van der Waals surface area contributed by atoms with Crippen LogP contribution in [0, 0.1) is 0 Å². The quantitative estimate of drug-likeness (QED) is 0.483. The van der Waals surface area contributed by atoms with Crippen LogP contribution in [0.3, 0.4) is 0 Å². The van der Waals surface area contributed by atoms with Crippen LogP contribution in [0.1, 0.15) is 12.8 Å². The van der Waals surface area contributed by atoms with Gasteiger partial charge in [-0.2, -0.15) is 4.31 Å². The Labute approximate surface area is 213 Å². The first kappa shape index (κ1) is 26.8. The monoisotopic (exact) mass is 569 g/mol. The maximum absolute atomic E-state index is 12.9. The highest BCUT2D eigenvalue weighted by Gasteiger charge is 2.29. The molecule has 1 amide bonds. The van der Waals surface area contributed by atoms with Crippen LogP contribution in [0.4, 0.5) is 11.4 Å². The Bertz CT molecular complexity index is 1310. The third kappa shape index (κ3) is 5.89. The molecular formula is C20H22Cl3N3O6S2. The van der Waals surface area contributed by atoms with Gasteiger partial charge in [0.15, 0.2) is 0 Å². The molecule has 1 heterocycles. The highest BCUT2D eigenvalue weighted by atomic mass is 35.5. The molecule has 3 rings (SSSR count). The summed E-state index contributed by atoms with van der Waals surface area (Å²) in [5.41, 5.74) is 0.0347. The molecule has 186 valence electrons. The fourth-order valence-corrected chi connectivity index (χ4v) is 6.52. The van der Waals surface area contributed by atoms with Crippen LogP contribution in [-0.2, 0) is 24.8 Å². The van der Waals surface area contributed by atoms with E-state index in [9.17, 15) is 21.6 Å². The summed E-state index contributed by atoms with van der Waals surface area (Å²) in [5.74, 6) is -0.561. The minimum absolute atomic E-state index is 0.0157. The molecule has 0 radical (unpaired) electrons. The molecule has 1 fully saturated rings. The highest BCUT2D eigenvalue weighted by molar-refractivity contribution is 7.92. The number of rotatable bonds is 8. The summed E-state index contributed by atoms with van der Waals surface area (Å²) in [6, 6.07) is 6.60. The molecule has 1 N–H and O–H groups in total. The normalized spacial score (nSPS) is 14.7. The van der Waals surface area contributed by atoms with Crippen molar-refractivity contribution in [2.45, 2.75) is 17.7 Å². The summed E-state index contributed by atoms with van der Waals surface area (Å²) in [4.78, 5) is 12.8. The van der Waals surface area contributed by atoms with Crippen molar-refractivity contribution in [1.82, 2.24) is 4.31 Å². The Hall–Kier alpha value is -1.76. The molecule has 0 aromatic heterocycles. The van der Waals surface area contributed by atoms with E-state index >= 15 is 0 Å². The molecule has 34 heavy (non-hydrogen) atoms. The number of halogens is 3. The lowest BCUT2D eigenvalue weighted by atomic mass is 10.3. The van der Waals surface area contributed by atoms with Crippen molar-refractivity contribution in [3.8, 4) is 5.75 Å². The standard InChI is InChI=1S/C20H22Cl3N3O6S2/c1-32-19-6-5-13(34(30,31)25-7-3-4-8-25)9-17(19)24-20(27)12-26(33(2,28)29)18-11-15(22)14(21)10-16(18)23/h5-6,9-11H,3-4,7-8,12H2,1-2H3,(H,24,27). The van der Waals surface area contributed by atoms with Crippen LogP contribution in [0.25, 0.3) is 0 Å². The third-order valence-corrected chi connectivity index (χ3v) is 9.14. The van der Waals surface area contributed by atoms with E-state index in [1.54, 1.807) is 0 Å². The number of nitrogens with zero attached hydrogens (tertiary/aromatic N) is 2. The molecule has 0 saturated carbocycles. The summed E-state index contributed by atoms with van der Waals surface area (Å²) in [7, 11) is -6.35. The molecule has 1 saturated heterocycles. The van der Waals surface area contributed by atoms with Gasteiger partial charge < -0.3 is 10.1 Å². The van der Waals surface area contributed by atoms with Crippen molar-refractivity contribution in [2.75, 3.05) is 42.6 Å². The number of nitrogens with one attached hydrogen (secondary N) is 1. The van der Waals surface area contributed by atoms with Gasteiger partial charge in [-0.25, -0.2) is 16.8 Å². The smallest absolute Gasteiger partial charge is 0.245 e. The number of ether oxygens (including phenoxy) is 1. The number of hydrogen-bond donors (Lipinski definition) is 1. The third-order valence-electron chi connectivity index (χ3n) is 5.09. The number of methoxy groups -OCH3 is 1. The molecule has 14 heteroatoms. The van der Waals surface area contributed by atoms with Gasteiger partial charge in [0.05, 0.1) is 44.7 Å². The first-order valence-corrected chi connectivity index (χ1v) is 14.4. The maximum Gasteiger partial charge on any atom is 0.245 e. The van der Waals surface area contributed by atoms with Gasteiger partial charge in [-0.15, -0.1) is 0 Å². The van der Waals surface area contributed by atoms with Gasteiger partial charge in [-0.3, -0.25) is 9.10 Å². The van der Waals surface area contributed by atoms with Gasteiger partial charge >= 0.3 is 0 Å². The first-order valence-electron chi connectivity index (χ1n) is 9.95. The molecular weight excluding hydrogens is 549 g/mol. The molecule has 9 nitrogen and oxygen atoms in total.